The number of H-pyrrole nitrogens is 1. The van der Waals surface area contributed by atoms with Crippen LogP contribution in [0.2, 0.25) is 0 Å². The second-order valence-corrected chi connectivity index (χ2v) is 1.79. The van der Waals surface area contributed by atoms with Crippen molar-refractivity contribution in [1.29, 1.82) is 0 Å². The molecular weight excluding hydrogens is 118 g/mol. The maximum Gasteiger partial charge on any atom is 0.179 e. The third-order valence-corrected chi connectivity index (χ3v) is 1.08. The molecule has 1 rings (SSSR count). The number of hydrogen-bond acceptors (Lipinski definition) is 2. The number of carbonyl (C=O) groups is 1. The molecule has 0 radical (unpaired) electrons. The molecule has 0 saturated carbocycles. The molecule has 1 aromatic rings. The fraction of sp³-hybridized carbons (Fsp3) is 0.167. The largest absolute Gasteiger partial charge is 0.506 e. The summed E-state index contributed by atoms with van der Waals surface area (Å²) in [4.78, 5) is 13.1. The Kier molecular flexibility index (Phi) is 1.26. The average Bonchev–Trinajstić information content (AvgIpc) is 2.13. The van der Waals surface area contributed by atoms with Crippen molar-refractivity contribution >= 4 is 5.78 Å². The van der Waals surface area contributed by atoms with Crippen molar-refractivity contribution in [3.8, 4) is 5.75 Å². The molecule has 0 atom stereocenters. The van der Waals surface area contributed by atoms with Gasteiger partial charge in [0.05, 0.1) is 0 Å². The van der Waals surface area contributed by atoms with E-state index in [-0.39, 0.29) is 17.2 Å². The molecule has 0 fully saturated rings. The smallest absolute Gasteiger partial charge is 0.179 e. The fourth-order valence-corrected chi connectivity index (χ4v) is 0.643. The Labute approximate surface area is 52.3 Å². The van der Waals surface area contributed by atoms with E-state index < -0.39 is 0 Å². The summed E-state index contributed by atoms with van der Waals surface area (Å²) in [6, 6.07) is 1.44. The number of carbonyl (C=O) groups excluding carboxylic acids is 1. The quantitative estimate of drug-likeness (QED) is 0.548. The Morgan fingerprint density at radius 2 is 2.44 bits per heavy atom. The lowest BCUT2D eigenvalue weighted by Gasteiger charge is -1.87. The number of Topliss-reactive ketones (excluding diaryl/α,β-unsaturated/α-hetero) is 1. The minimum absolute atomic E-state index is 0.0162. The molecular formula is C6H7NO2. The van der Waals surface area contributed by atoms with E-state index in [1.807, 2.05) is 0 Å². The molecule has 0 amide bonds. The van der Waals surface area contributed by atoms with Crippen molar-refractivity contribution in [2.45, 2.75) is 6.92 Å². The van der Waals surface area contributed by atoms with Gasteiger partial charge in [-0.25, -0.2) is 0 Å². The first kappa shape index (κ1) is 5.88. The van der Waals surface area contributed by atoms with E-state index in [9.17, 15) is 4.79 Å². The minimum Gasteiger partial charge on any atom is -0.506 e. The molecule has 48 valence electrons. The first-order valence-corrected chi connectivity index (χ1v) is 2.59. The van der Waals surface area contributed by atoms with Crippen LogP contribution in [0.3, 0.4) is 0 Å². The van der Waals surface area contributed by atoms with Gasteiger partial charge in [-0.2, -0.15) is 0 Å². The molecule has 9 heavy (non-hydrogen) atoms. The highest BCUT2D eigenvalue weighted by atomic mass is 16.3. The van der Waals surface area contributed by atoms with Gasteiger partial charge in [0.25, 0.3) is 0 Å². The monoisotopic (exact) mass is 125 g/mol. The standard InChI is InChI=1S/C6H7NO2/c1-4(8)6-5(9)2-3-7-6/h2-3,7,9H,1H3. The number of hydrogen-bond donors (Lipinski definition) is 2. The lowest BCUT2D eigenvalue weighted by Crippen LogP contribution is -1.90. The zero-order valence-electron chi connectivity index (χ0n) is 5.01. The summed E-state index contributed by atoms with van der Waals surface area (Å²) < 4.78 is 0. The zero-order chi connectivity index (χ0) is 6.85. The third kappa shape index (κ3) is 0.937. The van der Waals surface area contributed by atoms with E-state index in [0.717, 1.165) is 0 Å². The molecule has 0 saturated heterocycles. The van der Waals surface area contributed by atoms with Crippen LogP contribution in [0.1, 0.15) is 17.4 Å². The number of aromatic nitrogens is 1. The van der Waals surface area contributed by atoms with Gasteiger partial charge in [0.15, 0.2) is 5.78 Å². The Morgan fingerprint density at radius 3 is 2.67 bits per heavy atom. The first-order valence-electron chi connectivity index (χ1n) is 2.59. The van der Waals surface area contributed by atoms with E-state index in [0.29, 0.717) is 0 Å². The van der Waals surface area contributed by atoms with E-state index in [2.05, 4.69) is 4.98 Å². The normalized spacial score (nSPS) is 9.44. The van der Waals surface area contributed by atoms with Crippen LogP contribution in [0, 0.1) is 0 Å². The van der Waals surface area contributed by atoms with Gasteiger partial charge in [0.1, 0.15) is 11.4 Å². The Morgan fingerprint density at radius 1 is 1.78 bits per heavy atom. The van der Waals surface area contributed by atoms with Crippen molar-refractivity contribution in [2.75, 3.05) is 0 Å². The van der Waals surface area contributed by atoms with Crippen molar-refractivity contribution in [3.63, 3.8) is 0 Å². The molecule has 0 aliphatic rings. The van der Waals surface area contributed by atoms with Gasteiger partial charge in [-0.05, 0) is 6.07 Å². The highest BCUT2D eigenvalue weighted by Crippen LogP contribution is 2.13. The Hall–Kier alpha value is -1.25. The number of nitrogens with one attached hydrogen (secondary N) is 1. The van der Waals surface area contributed by atoms with E-state index in [1.165, 1.54) is 19.2 Å². The van der Waals surface area contributed by atoms with Gasteiger partial charge >= 0.3 is 0 Å². The third-order valence-electron chi connectivity index (χ3n) is 1.08. The van der Waals surface area contributed by atoms with Gasteiger partial charge in [0, 0.05) is 13.1 Å². The SMILES string of the molecule is CC(=O)c1[nH]ccc1O. The van der Waals surface area contributed by atoms with Crippen LogP contribution >= 0.6 is 0 Å². The predicted octanol–water partition coefficient (Wildman–Crippen LogP) is 0.923. The van der Waals surface area contributed by atoms with Gasteiger partial charge < -0.3 is 10.1 Å². The molecule has 1 heterocycles. The van der Waals surface area contributed by atoms with E-state index >= 15 is 0 Å². The number of ketones is 1. The van der Waals surface area contributed by atoms with Gasteiger partial charge in [-0.1, -0.05) is 0 Å². The predicted molar refractivity (Wildman–Crippen MR) is 32.5 cm³/mol. The molecule has 0 unspecified atom stereocenters. The van der Waals surface area contributed by atoms with Crippen LogP contribution in [0.4, 0.5) is 0 Å². The summed E-state index contributed by atoms with van der Waals surface area (Å²) in [7, 11) is 0. The second-order valence-electron chi connectivity index (χ2n) is 1.79. The van der Waals surface area contributed by atoms with Crippen molar-refractivity contribution in [1.82, 2.24) is 4.98 Å². The average molecular weight is 125 g/mol. The summed E-state index contributed by atoms with van der Waals surface area (Å²) in [6.07, 6.45) is 1.52. The summed E-state index contributed by atoms with van der Waals surface area (Å²) in [5.41, 5.74) is 0.273. The number of aromatic amines is 1. The maximum absolute atomic E-state index is 10.5. The maximum atomic E-state index is 10.5. The lowest BCUT2D eigenvalue weighted by atomic mass is 10.3. The summed E-state index contributed by atoms with van der Waals surface area (Å²) >= 11 is 0. The summed E-state index contributed by atoms with van der Waals surface area (Å²) in [6.45, 7) is 1.39. The zero-order valence-corrected chi connectivity index (χ0v) is 5.01. The molecule has 3 nitrogen and oxygen atoms in total. The minimum atomic E-state index is -0.155. The highest BCUT2D eigenvalue weighted by Gasteiger charge is 2.04. The van der Waals surface area contributed by atoms with Gasteiger partial charge in [0.2, 0.25) is 0 Å². The Balaban J connectivity index is 3.08. The van der Waals surface area contributed by atoms with Crippen molar-refractivity contribution in [2.24, 2.45) is 0 Å². The summed E-state index contributed by atoms with van der Waals surface area (Å²) in [5.74, 6) is -0.139. The van der Waals surface area contributed by atoms with Crippen LogP contribution in [-0.4, -0.2) is 15.9 Å². The van der Waals surface area contributed by atoms with Crippen molar-refractivity contribution < 1.29 is 9.90 Å². The van der Waals surface area contributed by atoms with Crippen LogP contribution < -0.4 is 0 Å². The molecule has 1 aromatic heterocycles. The summed E-state index contributed by atoms with van der Waals surface area (Å²) in [5, 5.41) is 8.87. The van der Waals surface area contributed by atoms with Crippen LogP contribution in [0.5, 0.6) is 5.75 Å². The van der Waals surface area contributed by atoms with Crippen LogP contribution in [-0.2, 0) is 0 Å². The fourth-order valence-electron chi connectivity index (χ4n) is 0.643. The molecule has 2 N–H and O–H groups in total. The van der Waals surface area contributed by atoms with Crippen LogP contribution in [0.15, 0.2) is 12.3 Å². The van der Waals surface area contributed by atoms with E-state index in [1.54, 1.807) is 0 Å². The van der Waals surface area contributed by atoms with Crippen molar-refractivity contribution in [3.05, 3.63) is 18.0 Å². The molecule has 0 aliphatic heterocycles. The second kappa shape index (κ2) is 1.93. The highest BCUT2D eigenvalue weighted by molar-refractivity contribution is 5.94. The van der Waals surface area contributed by atoms with Gasteiger partial charge in [-0.15, -0.1) is 0 Å². The topological polar surface area (TPSA) is 53.1 Å². The number of aromatic hydroxyl groups is 1. The Bertz CT molecular complexity index is 227. The molecule has 0 bridgehead atoms. The van der Waals surface area contributed by atoms with Crippen LogP contribution in [0.25, 0.3) is 0 Å². The first-order chi connectivity index (χ1) is 4.22. The van der Waals surface area contributed by atoms with E-state index in [4.69, 9.17) is 5.11 Å². The molecule has 0 aliphatic carbocycles. The number of rotatable bonds is 1. The van der Waals surface area contributed by atoms with Gasteiger partial charge in [-0.3, -0.25) is 4.79 Å². The molecule has 0 spiro atoms. The lowest BCUT2D eigenvalue weighted by molar-refractivity contribution is 0.101. The molecule has 3 heteroatoms. The molecule has 0 aromatic carbocycles.